The third kappa shape index (κ3) is 3.68. The number of aromatic nitrogens is 1. The lowest BCUT2D eigenvalue weighted by molar-refractivity contribution is -0.130. The van der Waals surface area contributed by atoms with Crippen LogP contribution in [0.3, 0.4) is 0 Å². The second kappa shape index (κ2) is 7.97. The van der Waals surface area contributed by atoms with E-state index in [0.29, 0.717) is 23.4 Å². The smallest absolute Gasteiger partial charge is 0.250 e. The first-order valence-electron chi connectivity index (χ1n) is 11.3. The van der Waals surface area contributed by atoms with Crippen molar-refractivity contribution in [2.45, 2.75) is 44.7 Å². The summed E-state index contributed by atoms with van der Waals surface area (Å²) < 4.78 is 1.99. The number of fused-ring (bicyclic) bond motifs is 4. The zero-order valence-electron chi connectivity index (χ0n) is 18.0. The van der Waals surface area contributed by atoms with Gasteiger partial charge in [-0.1, -0.05) is 12.1 Å². The third-order valence-corrected chi connectivity index (χ3v) is 7.35. The summed E-state index contributed by atoms with van der Waals surface area (Å²) in [6.07, 6.45) is 3.16. The number of likely N-dealkylation sites (tertiary alicyclic amines) is 2. The molecule has 6 heteroatoms. The van der Waals surface area contributed by atoms with Crippen molar-refractivity contribution in [3.8, 4) is 17.2 Å². The Morgan fingerprint density at radius 1 is 1.10 bits per heavy atom. The number of hydrogen-bond acceptors (Lipinski definition) is 4. The maximum Gasteiger partial charge on any atom is 0.250 e. The number of pyridine rings is 1. The molecule has 1 amide bonds. The Hall–Kier alpha value is -2.91. The lowest BCUT2D eigenvalue weighted by Gasteiger charge is -2.48. The summed E-state index contributed by atoms with van der Waals surface area (Å²) >= 11 is 0. The van der Waals surface area contributed by atoms with Crippen molar-refractivity contribution in [2.24, 2.45) is 5.92 Å². The van der Waals surface area contributed by atoms with E-state index in [2.05, 4.69) is 11.0 Å². The van der Waals surface area contributed by atoms with Crippen LogP contribution in [0.25, 0.3) is 11.1 Å². The van der Waals surface area contributed by atoms with Crippen molar-refractivity contribution in [1.82, 2.24) is 14.4 Å². The minimum Gasteiger partial charge on any atom is -0.343 e. The normalized spacial score (nSPS) is 23.8. The van der Waals surface area contributed by atoms with E-state index in [-0.39, 0.29) is 11.5 Å². The monoisotopic (exact) mass is 416 g/mol. The standard InChI is InChI=1S/C25H28N4O2/c1-17(30)27-9-7-22(8-10-27)28-14-19-12-21(16-28)25-23(5-6-24(31)29(25)15-19)20-4-2-3-18(11-20)13-26/h2-6,11,19,21-22H,7-10,12,14-16H2,1H3/t19-,21+/m0/s1. The van der Waals surface area contributed by atoms with Gasteiger partial charge in [-0.3, -0.25) is 14.5 Å². The fraction of sp³-hybridized carbons (Fsp3) is 0.480. The number of nitrogens with zero attached hydrogens (tertiary/aromatic N) is 4. The average Bonchev–Trinajstić information content (AvgIpc) is 2.79. The van der Waals surface area contributed by atoms with Crippen LogP contribution in [-0.2, 0) is 11.3 Å². The molecule has 160 valence electrons. The minimum atomic E-state index is 0.0769. The Balaban J connectivity index is 1.46. The van der Waals surface area contributed by atoms with Crippen molar-refractivity contribution in [1.29, 1.82) is 5.26 Å². The molecule has 3 aliphatic heterocycles. The van der Waals surface area contributed by atoms with E-state index in [9.17, 15) is 14.9 Å². The van der Waals surface area contributed by atoms with Gasteiger partial charge >= 0.3 is 0 Å². The number of benzene rings is 1. The number of carbonyl (C=O) groups excluding carboxylic acids is 1. The van der Waals surface area contributed by atoms with Crippen molar-refractivity contribution in [3.05, 3.63) is 58.0 Å². The molecule has 0 spiro atoms. The largest absolute Gasteiger partial charge is 0.343 e. The van der Waals surface area contributed by atoms with E-state index in [1.54, 1.807) is 13.0 Å². The molecule has 1 aromatic carbocycles. The summed E-state index contributed by atoms with van der Waals surface area (Å²) in [5.74, 6) is 0.968. The molecule has 2 fully saturated rings. The average molecular weight is 417 g/mol. The fourth-order valence-electron chi connectivity index (χ4n) is 5.90. The predicted molar refractivity (Wildman–Crippen MR) is 119 cm³/mol. The van der Waals surface area contributed by atoms with Gasteiger partial charge in [0.1, 0.15) is 0 Å². The second-order valence-corrected chi connectivity index (χ2v) is 9.26. The number of hydrogen-bond donors (Lipinski definition) is 0. The van der Waals surface area contributed by atoms with Crippen LogP contribution in [0, 0.1) is 17.2 Å². The molecule has 4 heterocycles. The van der Waals surface area contributed by atoms with Gasteiger partial charge in [0.2, 0.25) is 5.91 Å². The summed E-state index contributed by atoms with van der Waals surface area (Å²) in [7, 11) is 0. The highest BCUT2D eigenvalue weighted by Gasteiger charge is 2.39. The van der Waals surface area contributed by atoms with Gasteiger partial charge in [-0.15, -0.1) is 0 Å². The van der Waals surface area contributed by atoms with Crippen LogP contribution in [0.5, 0.6) is 0 Å². The van der Waals surface area contributed by atoms with Crippen LogP contribution in [0.4, 0.5) is 0 Å². The number of carbonyl (C=O) groups is 1. The zero-order chi connectivity index (χ0) is 21.5. The Kier molecular flexibility index (Phi) is 5.15. The molecule has 0 N–H and O–H groups in total. The maximum absolute atomic E-state index is 12.7. The highest BCUT2D eigenvalue weighted by atomic mass is 16.2. The van der Waals surface area contributed by atoms with Gasteiger partial charge in [-0.2, -0.15) is 5.26 Å². The van der Waals surface area contributed by atoms with E-state index in [4.69, 9.17) is 0 Å². The van der Waals surface area contributed by atoms with E-state index >= 15 is 0 Å². The van der Waals surface area contributed by atoms with Crippen molar-refractivity contribution >= 4 is 5.91 Å². The second-order valence-electron chi connectivity index (χ2n) is 9.26. The first kappa shape index (κ1) is 20.0. The van der Waals surface area contributed by atoms with Crippen molar-refractivity contribution in [2.75, 3.05) is 26.2 Å². The highest BCUT2D eigenvalue weighted by Crippen LogP contribution is 2.41. The number of rotatable bonds is 2. The molecule has 0 unspecified atom stereocenters. The molecule has 5 rings (SSSR count). The molecule has 0 radical (unpaired) electrons. The molecule has 0 saturated carbocycles. The Bertz CT molecular complexity index is 1110. The van der Waals surface area contributed by atoms with Gasteiger partial charge < -0.3 is 9.47 Å². The van der Waals surface area contributed by atoms with Crippen LogP contribution in [0.1, 0.15) is 43.4 Å². The van der Waals surface area contributed by atoms with Crippen LogP contribution in [0.15, 0.2) is 41.2 Å². The third-order valence-electron chi connectivity index (χ3n) is 7.35. The van der Waals surface area contributed by atoms with E-state index < -0.39 is 0 Å². The SMILES string of the molecule is CC(=O)N1CCC(N2C[C@@H]3C[C@H](C2)c2c(-c4cccc(C#N)c4)ccc(=O)n2C3)CC1. The summed E-state index contributed by atoms with van der Waals surface area (Å²) in [5.41, 5.74) is 3.93. The molecule has 31 heavy (non-hydrogen) atoms. The molecule has 2 aromatic rings. The first-order chi connectivity index (χ1) is 15.0. The van der Waals surface area contributed by atoms with Crippen molar-refractivity contribution < 1.29 is 4.79 Å². The van der Waals surface area contributed by atoms with Crippen LogP contribution < -0.4 is 5.56 Å². The topological polar surface area (TPSA) is 69.3 Å². The number of nitriles is 1. The fourth-order valence-corrected chi connectivity index (χ4v) is 5.90. The minimum absolute atomic E-state index is 0.0769. The molecular weight excluding hydrogens is 388 g/mol. The van der Waals surface area contributed by atoms with Gasteiger partial charge in [-0.05, 0) is 48.9 Å². The number of amides is 1. The van der Waals surface area contributed by atoms with Gasteiger partial charge in [0.25, 0.3) is 5.56 Å². The lowest BCUT2D eigenvalue weighted by Crippen LogP contribution is -2.53. The Morgan fingerprint density at radius 2 is 1.90 bits per heavy atom. The lowest BCUT2D eigenvalue weighted by atomic mass is 9.79. The quantitative estimate of drug-likeness (QED) is 0.755. The Labute approximate surface area is 182 Å². The molecule has 6 nitrogen and oxygen atoms in total. The number of piperidine rings is 2. The van der Waals surface area contributed by atoms with Gasteiger partial charge in [0.15, 0.2) is 0 Å². The van der Waals surface area contributed by atoms with Gasteiger partial charge in [0, 0.05) is 68.9 Å². The summed E-state index contributed by atoms with van der Waals surface area (Å²) in [4.78, 5) is 29.0. The van der Waals surface area contributed by atoms with E-state index in [1.807, 2.05) is 39.8 Å². The molecule has 0 aliphatic carbocycles. The summed E-state index contributed by atoms with van der Waals surface area (Å²) in [5, 5.41) is 9.33. The van der Waals surface area contributed by atoms with Gasteiger partial charge in [0.05, 0.1) is 11.6 Å². The van der Waals surface area contributed by atoms with E-state index in [0.717, 1.165) is 68.8 Å². The molecule has 2 saturated heterocycles. The van der Waals surface area contributed by atoms with Crippen LogP contribution in [-0.4, -0.2) is 52.5 Å². The van der Waals surface area contributed by atoms with Crippen LogP contribution in [0.2, 0.25) is 0 Å². The molecule has 3 aliphatic rings. The summed E-state index contributed by atoms with van der Waals surface area (Å²) in [6.45, 7) is 6.08. The molecule has 2 atom stereocenters. The van der Waals surface area contributed by atoms with E-state index in [1.165, 1.54) is 0 Å². The zero-order valence-corrected chi connectivity index (χ0v) is 18.0. The molecule has 1 aromatic heterocycles. The maximum atomic E-state index is 12.7. The van der Waals surface area contributed by atoms with Crippen LogP contribution >= 0.6 is 0 Å². The van der Waals surface area contributed by atoms with Gasteiger partial charge in [-0.25, -0.2) is 0 Å². The van der Waals surface area contributed by atoms with Crippen molar-refractivity contribution in [3.63, 3.8) is 0 Å². The summed E-state index contributed by atoms with van der Waals surface area (Å²) in [6, 6.07) is 14.0. The Morgan fingerprint density at radius 3 is 2.65 bits per heavy atom. The molecular formula is C25H28N4O2. The molecule has 2 bridgehead atoms. The highest BCUT2D eigenvalue weighted by molar-refractivity contribution is 5.73. The predicted octanol–water partition coefficient (Wildman–Crippen LogP) is 2.82. The first-order valence-corrected chi connectivity index (χ1v) is 11.3.